The average molecular weight is 258 g/mol. The molecule has 0 saturated carbocycles. The van der Waals surface area contributed by atoms with Gasteiger partial charge in [-0.2, -0.15) is 0 Å². The summed E-state index contributed by atoms with van der Waals surface area (Å²) >= 11 is 0. The van der Waals surface area contributed by atoms with E-state index in [9.17, 15) is 4.39 Å². The molecule has 1 heterocycles. The molecule has 1 atom stereocenters. The molecule has 3 heteroatoms. The van der Waals surface area contributed by atoms with Gasteiger partial charge in [0, 0.05) is 11.9 Å². The summed E-state index contributed by atoms with van der Waals surface area (Å²) in [6, 6.07) is 9.41. The van der Waals surface area contributed by atoms with Gasteiger partial charge in [0.15, 0.2) is 0 Å². The number of halogens is 1. The molecule has 1 N–H and O–H groups in total. The van der Waals surface area contributed by atoms with Crippen LogP contribution in [0.4, 0.5) is 4.39 Å². The van der Waals surface area contributed by atoms with Gasteiger partial charge >= 0.3 is 0 Å². The molecule has 19 heavy (non-hydrogen) atoms. The van der Waals surface area contributed by atoms with Gasteiger partial charge in [0.25, 0.3) is 0 Å². The van der Waals surface area contributed by atoms with Crippen LogP contribution in [0.25, 0.3) is 0 Å². The summed E-state index contributed by atoms with van der Waals surface area (Å²) in [6.07, 6.45) is 1.81. The smallest absolute Gasteiger partial charge is 0.126 e. The highest BCUT2D eigenvalue weighted by Gasteiger charge is 2.14. The Morgan fingerprint density at radius 1 is 1.16 bits per heavy atom. The zero-order valence-corrected chi connectivity index (χ0v) is 11.6. The minimum absolute atomic E-state index is 0.0750. The summed E-state index contributed by atoms with van der Waals surface area (Å²) < 4.78 is 13.4. The van der Waals surface area contributed by atoms with Crippen LogP contribution >= 0.6 is 0 Å². The molecule has 0 radical (unpaired) electrons. The molecule has 0 spiro atoms. The van der Waals surface area contributed by atoms with Crippen LogP contribution in [0.2, 0.25) is 0 Å². The zero-order chi connectivity index (χ0) is 13.8. The number of rotatable bonds is 4. The number of nitrogens with one attached hydrogen (secondary N) is 1. The fourth-order valence-electron chi connectivity index (χ4n) is 2.23. The van der Waals surface area contributed by atoms with E-state index in [0.717, 1.165) is 23.4 Å². The maximum atomic E-state index is 13.4. The third-order valence-electron chi connectivity index (χ3n) is 3.18. The number of hydrogen-bond acceptors (Lipinski definition) is 2. The molecule has 1 aromatic heterocycles. The van der Waals surface area contributed by atoms with Crippen LogP contribution in [0.15, 0.2) is 36.5 Å². The Labute approximate surface area is 113 Å². The minimum atomic E-state index is -0.162. The molecule has 2 aromatic rings. The Kier molecular flexibility index (Phi) is 4.27. The second kappa shape index (κ2) is 5.93. The number of aromatic nitrogens is 1. The van der Waals surface area contributed by atoms with Gasteiger partial charge in [-0.3, -0.25) is 4.98 Å². The largest absolute Gasteiger partial charge is 0.307 e. The van der Waals surface area contributed by atoms with Crippen LogP contribution in [0.3, 0.4) is 0 Å². The predicted molar refractivity (Wildman–Crippen MR) is 75.6 cm³/mol. The first-order valence-electron chi connectivity index (χ1n) is 6.53. The summed E-state index contributed by atoms with van der Waals surface area (Å²) in [4.78, 5) is 4.22. The van der Waals surface area contributed by atoms with Crippen molar-refractivity contribution in [3.63, 3.8) is 0 Å². The van der Waals surface area contributed by atoms with Gasteiger partial charge in [0.1, 0.15) is 5.82 Å². The van der Waals surface area contributed by atoms with Crippen LogP contribution < -0.4 is 5.32 Å². The third-order valence-corrected chi connectivity index (χ3v) is 3.18. The highest BCUT2D eigenvalue weighted by Crippen LogP contribution is 2.23. The lowest BCUT2D eigenvalue weighted by Gasteiger charge is -2.19. The summed E-state index contributed by atoms with van der Waals surface area (Å²) in [5, 5.41) is 3.44. The Balaban J connectivity index is 2.42. The van der Waals surface area contributed by atoms with Crippen LogP contribution in [0.1, 0.15) is 35.3 Å². The standard InChI is InChI=1S/C16H19FN2/c1-4-18-16(14-7-8-19-12(3)10-14)13-5-6-15(17)11(2)9-13/h5-10,16,18H,4H2,1-3H3. The predicted octanol–water partition coefficient (Wildman–Crippen LogP) is 3.54. The van der Waals surface area contributed by atoms with Crippen LogP contribution in [-0.4, -0.2) is 11.5 Å². The van der Waals surface area contributed by atoms with E-state index in [1.807, 2.05) is 31.3 Å². The highest BCUT2D eigenvalue weighted by atomic mass is 19.1. The van der Waals surface area contributed by atoms with Crippen molar-refractivity contribution in [1.82, 2.24) is 10.3 Å². The van der Waals surface area contributed by atoms with Crippen molar-refractivity contribution in [3.8, 4) is 0 Å². The van der Waals surface area contributed by atoms with Gasteiger partial charge in [-0.1, -0.05) is 19.1 Å². The molecule has 100 valence electrons. The fraction of sp³-hybridized carbons (Fsp3) is 0.312. The maximum absolute atomic E-state index is 13.4. The van der Waals surface area contributed by atoms with Gasteiger partial charge in [-0.25, -0.2) is 4.39 Å². The maximum Gasteiger partial charge on any atom is 0.126 e. The normalized spacial score (nSPS) is 12.4. The first kappa shape index (κ1) is 13.7. The van der Waals surface area contributed by atoms with E-state index < -0.39 is 0 Å². The first-order chi connectivity index (χ1) is 9.11. The Hall–Kier alpha value is -1.74. The molecule has 0 amide bonds. The summed E-state index contributed by atoms with van der Waals surface area (Å²) in [6.45, 7) is 6.68. The van der Waals surface area contributed by atoms with E-state index >= 15 is 0 Å². The lowest BCUT2D eigenvalue weighted by Crippen LogP contribution is -2.22. The van der Waals surface area contributed by atoms with Crippen molar-refractivity contribution >= 4 is 0 Å². The molecule has 0 fully saturated rings. The number of pyridine rings is 1. The van der Waals surface area contributed by atoms with Crippen molar-refractivity contribution in [3.05, 3.63) is 64.7 Å². The molecule has 1 unspecified atom stereocenters. The van der Waals surface area contributed by atoms with Crippen molar-refractivity contribution in [2.75, 3.05) is 6.54 Å². The average Bonchev–Trinajstić information content (AvgIpc) is 2.39. The molecular formula is C16H19FN2. The van der Waals surface area contributed by atoms with Crippen LogP contribution in [0, 0.1) is 19.7 Å². The first-order valence-corrected chi connectivity index (χ1v) is 6.53. The van der Waals surface area contributed by atoms with E-state index in [1.165, 1.54) is 6.07 Å². The van der Waals surface area contributed by atoms with E-state index in [4.69, 9.17) is 0 Å². The summed E-state index contributed by atoms with van der Waals surface area (Å²) in [5.74, 6) is -0.162. The molecule has 0 aliphatic rings. The van der Waals surface area contributed by atoms with Gasteiger partial charge in [-0.05, 0) is 55.3 Å². The Morgan fingerprint density at radius 3 is 2.53 bits per heavy atom. The summed E-state index contributed by atoms with van der Waals surface area (Å²) in [5.41, 5.74) is 3.89. The molecule has 0 saturated heterocycles. The van der Waals surface area contributed by atoms with Crippen molar-refractivity contribution in [1.29, 1.82) is 0 Å². The fourth-order valence-corrected chi connectivity index (χ4v) is 2.23. The van der Waals surface area contributed by atoms with Gasteiger partial charge < -0.3 is 5.32 Å². The lowest BCUT2D eigenvalue weighted by atomic mass is 9.97. The number of aryl methyl sites for hydroxylation is 2. The van der Waals surface area contributed by atoms with Gasteiger partial charge in [-0.15, -0.1) is 0 Å². The summed E-state index contributed by atoms with van der Waals surface area (Å²) in [7, 11) is 0. The van der Waals surface area contributed by atoms with Crippen LogP contribution in [-0.2, 0) is 0 Å². The van der Waals surface area contributed by atoms with E-state index in [2.05, 4.69) is 23.3 Å². The van der Waals surface area contributed by atoms with Crippen molar-refractivity contribution < 1.29 is 4.39 Å². The molecule has 2 nitrogen and oxygen atoms in total. The SMILES string of the molecule is CCNC(c1ccnc(C)c1)c1ccc(F)c(C)c1. The van der Waals surface area contributed by atoms with Crippen LogP contribution in [0.5, 0.6) is 0 Å². The molecule has 2 rings (SSSR count). The highest BCUT2D eigenvalue weighted by molar-refractivity contribution is 5.34. The third kappa shape index (κ3) is 3.18. The number of hydrogen-bond donors (Lipinski definition) is 1. The molecule has 0 aliphatic carbocycles. The molecule has 0 aliphatic heterocycles. The van der Waals surface area contributed by atoms with E-state index in [-0.39, 0.29) is 11.9 Å². The van der Waals surface area contributed by atoms with Crippen molar-refractivity contribution in [2.45, 2.75) is 26.8 Å². The quantitative estimate of drug-likeness (QED) is 0.907. The van der Waals surface area contributed by atoms with Gasteiger partial charge in [0.05, 0.1) is 6.04 Å². The number of benzene rings is 1. The number of nitrogens with zero attached hydrogens (tertiary/aromatic N) is 1. The van der Waals surface area contributed by atoms with Gasteiger partial charge in [0.2, 0.25) is 0 Å². The molecular weight excluding hydrogens is 239 g/mol. The second-order valence-corrected chi connectivity index (χ2v) is 4.73. The molecule has 0 bridgehead atoms. The van der Waals surface area contributed by atoms with E-state index in [1.54, 1.807) is 6.92 Å². The molecule has 1 aromatic carbocycles. The zero-order valence-electron chi connectivity index (χ0n) is 11.6. The van der Waals surface area contributed by atoms with E-state index in [0.29, 0.717) is 5.56 Å². The lowest BCUT2D eigenvalue weighted by molar-refractivity contribution is 0.606. The monoisotopic (exact) mass is 258 g/mol. The van der Waals surface area contributed by atoms with Crippen molar-refractivity contribution in [2.24, 2.45) is 0 Å². The Bertz CT molecular complexity index is 566. The topological polar surface area (TPSA) is 24.9 Å². The Morgan fingerprint density at radius 2 is 1.89 bits per heavy atom. The second-order valence-electron chi connectivity index (χ2n) is 4.73. The minimum Gasteiger partial charge on any atom is -0.307 e.